The summed E-state index contributed by atoms with van der Waals surface area (Å²) in [5.74, 6) is 1.71. The first-order valence-electron chi connectivity index (χ1n) is 4.58. The van der Waals surface area contributed by atoms with Crippen molar-refractivity contribution in [3.8, 4) is 0 Å². The van der Waals surface area contributed by atoms with Gasteiger partial charge in [-0.15, -0.1) is 0 Å². The van der Waals surface area contributed by atoms with Crippen molar-refractivity contribution in [1.82, 2.24) is 14.9 Å². The first kappa shape index (κ1) is 8.87. The summed E-state index contributed by atoms with van der Waals surface area (Å²) in [6, 6.07) is 0.373. The van der Waals surface area contributed by atoms with Crippen LogP contribution in [0.2, 0.25) is 0 Å². The van der Waals surface area contributed by atoms with Crippen molar-refractivity contribution in [2.45, 2.75) is 19.9 Å². The molecule has 0 spiro atoms. The van der Waals surface area contributed by atoms with Gasteiger partial charge in [0.1, 0.15) is 17.3 Å². The van der Waals surface area contributed by atoms with E-state index in [1.165, 1.54) is 0 Å². The van der Waals surface area contributed by atoms with Gasteiger partial charge < -0.3 is 15.2 Å². The molecule has 74 valence electrons. The van der Waals surface area contributed by atoms with Crippen molar-refractivity contribution in [3.05, 3.63) is 31.0 Å². The number of aromatic nitrogens is 2. The van der Waals surface area contributed by atoms with Crippen molar-refractivity contribution < 1.29 is 0 Å². The molecule has 0 aromatic carbocycles. The third-order valence-electron chi connectivity index (χ3n) is 2.21. The van der Waals surface area contributed by atoms with Crippen LogP contribution in [-0.2, 0) is 0 Å². The number of hydrogen-bond donors (Lipinski definition) is 2. The highest BCUT2D eigenvalue weighted by atomic mass is 15.3. The summed E-state index contributed by atoms with van der Waals surface area (Å²) >= 11 is 0. The molecule has 0 fully saturated rings. The number of rotatable bonds is 1. The molecule has 0 amide bonds. The van der Waals surface area contributed by atoms with Crippen molar-refractivity contribution >= 4 is 11.5 Å². The molecule has 0 aliphatic carbocycles. The Morgan fingerprint density at radius 3 is 2.71 bits per heavy atom. The van der Waals surface area contributed by atoms with Gasteiger partial charge in [-0.25, -0.2) is 4.98 Å². The molecule has 2 rings (SSSR count). The molecule has 1 aliphatic rings. The van der Waals surface area contributed by atoms with Crippen LogP contribution in [0.15, 0.2) is 25.3 Å². The molecule has 1 aromatic heterocycles. The molecule has 0 unspecified atom stereocenters. The maximum atomic E-state index is 4.29. The summed E-state index contributed by atoms with van der Waals surface area (Å²) in [5, 5.41) is 6.17. The van der Waals surface area contributed by atoms with Crippen LogP contribution in [0.4, 0.5) is 5.82 Å². The smallest absolute Gasteiger partial charge is 0.141 e. The van der Waals surface area contributed by atoms with E-state index in [0.29, 0.717) is 6.04 Å². The predicted octanol–water partition coefficient (Wildman–Crippen LogP) is 1.92. The van der Waals surface area contributed by atoms with Crippen molar-refractivity contribution in [2.75, 3.05) is 5.32 Å². The average molecular weight is 190 g/mol. The Labute approximate surface area is 83.3 Å². The Morgan fingerprint density at radius 1 is 1.36 bits per heavy atom. The second kappa shape index (κ2) is 2.90. The number of imidazole rings is 1. The molecule has 0 atom stereocenters. The van der Waals surface area contributed by atoms with E-state index in [0.717, 1.165) is 23.0 Å². The van der Waals surface area contributed by atoms with Crippen molar-refractivity contribution in [1.29, 1.82) is 0 Å². The summed E-state index contributed by atoms with van der Waals surface area (Å²) in [7, 11) is 0. The largest absolute Gasteiger partial charge is 0.341 e. The molecule has 0 radical (unpaired) electrons. The monoisotopic (exact) mass is 190 g/mol. The highest BCUT2D eigenvalue weighted by Gasteiger charge is 2.20. The fraction of sp³-hybridized carbons (Fsp3) is 0.300. The van der Waals surface area contributed by atoms with Crippen molar-refractivity contribution in [3.63, 3.8) is 0 Å². The lowest BCUT2D eigenvalue weighted by molar-refractivity contribution is 0.604. The van der Waals surface area contributed by atoms with E-state index in [9.17, 15) is 0 Å². The summed E-state index contributed by atoms with van der Waals surface area (Å²) < 4.78 is 2.06. The van der Waals surface area contributed by atoms with Crippen LogP contribution >= 0.6 is 0 Å². The van der Waals surface area contributed by atoms with E-state index in [4.69, 9.17) is 0 Å². The Morgan fingerprint density at radius 2 is 2.07 bits per heavy atom. The third-order valence-corrected chi connectivity index (χ3v) is 2.21. The van der Waals surface area contributed by atoms with E-state index in [-0.39, 0.29) is 0 Å². The lowest BCUT2D eigenvalue weighted by Crippen LogP contribution is -2.24. The molecular formula is C10H14N4. The number of nitrogens with one attached hydrogen (secondary N) is 2. The number of hydrogen-bond acceptors (Lipinski definition) is 3. The summed E-state index contributed by atoms with van der Waals surface area (Å²) in [5.41, 5.74) is 1.66. The van der Waals surface area contributed by atoms with Gasteiger partial charge in [-0.1, -0.05) is 13.2 Å². The third kappa shape index (κ3) is 1.19. The topological polar surface area (TPSA) is 41.9 Å². The van der Waals surface area contributed by atoms with Gasteiger partial charge in [0.05, 0.1) is 12.0 Å². The van der Waals surface area contributed by atoms with Gasteiger partial charge in [0.25, 0.3) is 0 Å². The van der Waals surface area contributed by atoms with Crippen LogP contribution in [0, 0.1) is 0 Å². The van der Waals surface area contributed by atoms with E-state index in [2.05, 4.69) is 47.2 Å². The highest BCUT2D eigenvalue weighted by Crippen LogP contribution is 2.27. The van der Waals surface area contributed by atoms with Gasteiger partial charge in [0.2, 0.25) is 0 Å². The maximum Gasteiger partial charge on any atom is 0.141 e. The minimum atomic E-state index is 0.373. The zero-order valence-corrected chi connectivity index (χ0v) is 8.46. The van der Waals surface area contributed by atoms with Crippen LogP contribution in [0.5, 0.6) is 0 Å². The van der Waals surface area contributed by atoms with Crippen LogP contribution in [0.3, 0.4) is 0 Å². The molecule has 2 heterocycles. The molecule has 2 N–H and O–H groups in total. The molecule has 4 heteroatoms. The number of nitrogens with zero attached hydrogens (tertiary/aromatic N) is 2. The van der Waals surface area contributed by atoms with Gasteiger partial charge in [-0.3, -0.25) is 0 Å². The second-order valence-corrected chi connectivity index (χ2v) is 3.65. The Balaban J connectivity index is 2.51. The van der Waals surface area contributed by atoms with Gasteiger partial charge in [-0.05, 0) is 13.8 Å². The SMILES string of the molecule is C=C1NC(=C)c2ncn(C(C)C)c2N1. The molecule has 0 saturated heterocycles. The molecule has 1 aliphatic heterocycles. The molecular weight excluding hydrogens is 176 g/mol. The lowest BCUT2D eigenvalue weighted by atomic mass is 10.2. The normalized spacial score (nSPS) is 15.1. The van der Waals surface area contributed by atoms with Crippen molar-refractivity contribution in [2.24, 2.45) is 0 Å². The van der Waals surface area contributed by atoms with Crippen LogP contribution in [-0.4, -0.2) is 9.55 Å². The van der Waals surface area contributed by atoms with E-state index < -0.39 is 0 Å². The maximum absolute atomic E-state index is 4.29. The summed E-state index contributed by atoms with van der Waals surface area (Å²) in [6.45, 7) is 11.9. The standard InChI is InChI=1S/C10H14N4/c1-6(2)14-5-11-9-7(3)12-8(4)13-10(9)14/h5-6,12-13H,3-4H2,1-2H3. The number of anilines is 1. The second-order valence-electron chi connectivity index (χ2n) is 3.65. The molecule has 0 bridgehead atoms. The van der Waals surface area contributed by atoms with E-state index >= 15 is 0 Å². The minimum Gasteiger partial charge on any atom is -0.341 e. The zero-order valence-electron chi connectivity index (χ0n) is 8.46. The quantitative estimate of drug-likeness (QED) is 0.711. The molecule has 1 aromatic rings. The predicted molar refractivity (Wildman–Crippen MR) is 57.5 cm³/mol. The average Bonchev–Trinajstić information content (AvgIpc) is 2.47. The highest BCUT2D eigenvalue weighted by molar-refractivity contribution is 5.75. The van der Waals surface area contributed by atoms with Gasteiger partial charge in [0.15, 0.2) is 0 Å². The van der Waals surface area contributed by atoms with E-state index in [1.807, 2.05) is 6.33 Å². The fourth-order valence-electron chi connectivity index (χ4n) is 1.51. The van der Waals surface area contributed by atoms with Gasteiger partial charge >= 0.3 is 0 Å². The van der Waals surface area contributed by atoms with Gasteiger partial charge in [0, 0.05) is 6.04 Å². The van der Waals surface area contributed by atoms with Gasteiger partial charge in [-0.2, -0.15) is 0 Å². The fourth-order valence-corrected chi connectivity index (χ4v) is 1.51. The Bertz CT molecular complexity index is 400. The first-order valence-corrected chi connectivity index (χ1v) is 4.58. The van der Waals surface area contributed by atoms with Crippen LogP contribution in [0.25, 0.3) is 5.70 Å². The Hall–Kier alpha value is -1.71. The Kier molecular flexibility index (Phi) is 1.84. The summed E-state index contributed by atoms with van der Waals surface area (Å²) in [6.07, 6.45) is 1.81. The summed E-state index contributed by atoms with van der Waals surface area (Å²) in [4.78, 5) is 4.29. The van der Waals surface area contributed by atoms with Crippen LogP contribution in [0.1, 0.15) is 25.6 Å². The number of fused-ring (bicyclic) bond motifs is 1. The van der Waals surface area contributed by atoms with E-state index in [1.54, 1.807) is 0 Å². The van der Waals surface area contributed by atoms with Crippen LogP contribution < -0.4 is 10.6 Å². The first-order chi connectivity index (χ1) is 6.59. The molecule has 14 heavy (non-hydrogen) atoms. The molecule has 4 nitrogen and oxygen atoms in total. The zero-order chi connectivity index (χ0) is 10.3. The minimum absolute atomic E-state index is 0.373. The lowest BCUT2D eigenvalue weighted by Gasteiger charge is -2.22. The molecule has 0 saturated carbocycles.